The van der Waals surface area contributed by atoms with E-state index in [1.807, 2.05) is 0 Å². The largest absolute Gasteiger partial charge is 0.379 e. The monoisotopic (exact) mass is 226 g/mol. The molecule has 0 aromatic carbocycles. The van der Waals surface area contributed by atoms with Crippen molar-refractivity contribution in [1.82, 2.24) is 4.90 Å². The molecule has 0 spiro atoms. The minimum atomic E-state index is 0.263. The van der Waals surface area contributed by atoms with Crippen LogP contribution in [0.2, 0.25) is 0 Å². The molecule has 3 heteroatoms. The number of hydrogen-bond donors (Lipinski definition) is 1. The molecule has 2 saturated heterocycles. The highest BCUT2D eigenvalue weighted by Crippen LogP contribution is 2.34. The summed E-state index contributed by atoms with van der Waals surface area (Å²) in [5.41, 5.74) is 6.61. The molecule has 94 valence electrons. The van der Waals surface area contributed by atoms with Crippen molar-refractivity contribution >= 4 is 0 Å². The van der Waals surface area contributed by atoms with Gasteiger partial charge in [0.25, 0.3) is 0 Å². The zero-order valence-corrected chi connectivity index (χ0v) is 10.7. The van der Waals surface area contributed by atoms with E-state index in [0.717, 1.165) is 19.8 Å². The van der Waals surface area contributed by atoms with Crippen molar-refractivity contribution < 1.29 is 4.74 Å². The van der Waals surface area contributed by atoms with Crippen molar-refractivity contribution in [3.63, 3.8) is 0 Å². The SMILES string of the molecule is CCC1(C)CCN(CC2COCC2N)CC1. The van der Waals surface area contributed by atoms with E-state index in [9.17, 15) is 0 Å². The summed E-state index contributed by atoms with van der Waals surface area (Å²) in [5.74, 6) is 0.561. The number of likely N-dealkylation sites (tertiary alicyclic amines) is 1. The summed E-state index contributed by atoms with van der Waals surface area (Å²) >= 11 is 0. The molecule has 0 aromatic rings. The number of piperidine rings is 1. The molecule has 2 heterocycles. The van der Waals surface area contributed by atoms with Crippen LogP contribution in [-0.4, -0.2) is 43.8 Å². The molecule has 16 heavy (non-hydrogen) atoms. The second-order valence-electron chi connectivity index (χ2n) is 5.93. The molecule has 2 aliphatic rings. The Morgan fingerprint density at radius 1 is 1.31 bits per heavy atom. The lowest BCUT2D eigenvalue weighted by molar-refractivity contribution is 0.0954. The lowest BCUT2D eigenvalue weighted by Crippen LogP contribution is -2.44. The van der Waals surface area contributed by atoms with Crippen LogP contribution in [0.4, 0.5) is 0 Å². The third kappa shape index (κ3) is 2.76. The maximum atomic E-state index is 6.02. The Morgan fingerprint density at radius 3 is 2.50 bits per heavy atom. The van der Waals surface area contributed by atoms with E-state index in [2.05, 4.69) is 18.7 Å². The molecular weight excluding hydrogens is 200 g/mol. The fourth-order valence-electron chi connectivity index (χ4n) is 2.76. The zero-order valence-electron chi connectivity index (χ0n) is 10.7. The van der Waals surface area contributed by atoms with E-state index < -0.39 is 0 Å². The number of nitrogens with two attached hydrogens (primary N) is 1. The van der Waals surface area contributed by atoms with Gasteiger partial charge in [0.15, 0.2) is 0 Å². The van der Waals surface area contributed by atoms with Crippen LogP contribution in [0.3, 0.4) is 0 Å². The maximum Gasteiger partial charge on any atom is 0.0621 e. The average Bonchev–Trinajstić information content (AvgIpc) is 2.68. The van der Waals surface area contributed by atoms with Gasteiger partial charge in [0.1, 0.15) is 0 Å². The Morgan fingerprint density at radius 2 is 2.00 bits per heavy atom. The van der Waals surface area contributed by atoms with Gasteiger partial charge in [-0.2, -0.15) is 0 Å². The minimum absolute atomic E-state index is 0.263. The normalized spacial score (nSPS) is 35.4. The summed E-state index contributed by atoms with van der Waals surface area (Å²) in [4.78, 5) is 2.58. The third-order valence-electron chi connectivity index (χ3n) is 4.66. The van der Waals surface area contributed by atoms with E-state index in [0.29, 0.717) is 11.3 Å². The molecule has 2 aliphatic heterocycles. The average molecular weight is 226 g/mol. The summed E-state index contributed by atoms with van der Waals surface area (Å²) in [6.07, 6.45) is 3.99. The van der Waals surface area contributed by atoms with Crippen molar-refractivity contribution in [2.75, 3.05) is 32.8 Å². The lowest BCUT2D eigenvalue weighted by atomic mass is 9.78. The van der Waals surface area contributed by atoms with Gasteiger partial charge in [-0.15, -0.1) is 0 Å². The topological polar surface area (TPSA) is 38.5 Å². The van der Waals surface area contributed by atoms with Crippen molar-refractivity contribution in [1.29, 1.82) is 0 Å². The second-order valence-corrected chi connectivity index (χ2v) is 5.93. The number of nitrogens with zero attached hydrogens (tertiary/aromatic N) is 1. The fraction of sp³-hybridized carbons (Fsp3) is 1.00. The fourth-order valence-corrected chi connectivity index (χ4v) is 2.76. The summed E-state index contributed by atoms with van der Waals surface area (Å²) in [6, 6.07) is 0.263. The summed E-state index contributed by atoms with van der Waals surface area (Å²) in [5, 5.41) is 0. The highest BCUT2D eigenvalue weighted by Gasteiger charge is 2.31. The van der Waals surface area contributed by atoms with Gasteiger partial charge >= 0.3 is 0 Å². The third-order valence-corrected chi connectivity index (χ3v) is 4.66. The molecule has 0 bridgehead atoms. The first-order chi connectivity index (χ1) is 7.63. The number of rotatable bonds is 3. The second kappa shape index (κ2) is 5.03. The highest BCUT2D eigenvalue weighted by atomic mass is 16.5. The Balaban J connectivity index is 1.77. The lowest BCUT2D eigenvalue weighted by Gasteiger charge is -2.40. The smallest absolute Gasteiger partial charge is 0.0621 e. The minimum Gasteiger partial charge on any atom is -0.379 e. The van der Waals surface area contributed by atoms with Crippen LogP contribution in [-0.2, 0) is 4.74 Å². The predicted octanol–water partition coefficient (Wildman–Crippen LogP) is 1.47. The van der Waals surface area contributed by atoms with Gasteiger partial charge in [-0.25, -0.2) is 0 Å². The quantitative estimate of drug-likeness (QED) is 0.792. The van der Waals surface area contributed by atoms with Gasteiger partial charge in [-0.1, -0.05) is 20.3 Å². The Bertz CT molecular complexity index is 224. The van der Waals surface area contributed by atoms with Crippen LogP contribution < -0.4 is 5.73 Å². The standard InChI is InChI=1S/C13H26N2O/c1-3-13(2)4-6-15(7-5-13)8-11-9-16-10-12(11)14/h11-12H,3-10,14H2,1-2H3. The van der Waals surface area contributed by atoms with Gasteiger partial charge in [-0.3, -0.25) is 0 Å². The number of ether oxygens (including phenoxy) is 1. The Labute approximate surface area is 99.3 Å². The summed E-state index contributed by atoms with van der Waals surface area (Å²) in [6.45, 7) is 9.99. The van der Waals surface area contributed by atoms with E-state index in [1.165, 1.54) is 32.4 Å². The first kappa shape index (κ1) is 12.3. The molecule has 0 aromatic heterocycles. The Hall–Kier alpha value is -0.120. The van der Waals surface area contributed by atoms with Crippen molar-refractivity contribution in [2.45, 2.75) is 39.2 Å². The predicted molar refractivity (Wildman–Crippen MR) is 66.4 cm³/mol. The van der Waals surface area contributed by atoms with E-state index in [-0.39, 0.29) is 6.04 Å². The molecule has 2 atom stereocenters. The molecule has 0 saturated carbocycles. The maximum absolute atomic E-state index is 6.02. The van der Waals surface area contributed by atoms with Crippen LogP contribution >= 0.6 is 0 Å². The molecule has 0 aliphatic carbocycles. The molecule has 2 unspecified atom stereocenters. The van der Waals surface area contributed by atoms with Crippen molar-refractivity contribution in [3.8, 4) is 0 Å². The summed E-state index contributed by atoms with van der Waals surface area (Å²) in [7, 11) is 0. The van der Waals surface area contributed by atoms with Crippen molar-refractivity contribution in [3.05, 3.63) is 0 Å². The molecule has 3 nitrogen and oxygen atoms in total. The van der Waals surface area contributed by atoms with E-state index >= 15 is 0 Å². The molecule has 2 fully saturated rings. The van der Waals surface area contributed by atoms with Crippen molar-refractivity contribution in [2.24, 2.45) is 17.1 Å². The molecule has 2 N–H and O–H groups in total. The number of hydrogen-bond acceptors (Lipinski definition) is 3. The first-order valence-electron chi connectivity index (χ1n) is 6.69. The van der Waals surface area contributed by atoms with Gasteiger partial charge in [-0.05, 0) is 31.3 Å². The van der Waals surface area contributed by atoms with Crippen LogP contribution in [0.15, 0.2) is 0 Å². The molecule has 0 radical (unpaired) electrons. The van der Waals surface area contributed by atoms with Gasteiger partial charge < -0.3 is 15.4 Å². The summed E-state index contributed by atoms with van der Waals surface area (Å²) < 4.78 is 5.42. The Kier molecular flexibility index (Phi) is 3.88. The van der Waals surface area contributed by atoms with Crippen LogP contribution in [0.1, 0.15) is 33.1 Å². The molecule has 2 rings (SSSR count). The highest BCUT2D eigenvalue weighted by molar-refractivity contribution is 4.85. The zero-order chi connectivity index (χ0) is 11.6. The van der Waals surface area contributed by atoms with Gasteiger partial charge in [0.05, 0.1) is 13.2 Å². The molecule has 0 amide bonds. The van der Waals surface area contributed by atoms with Gasteiger partial charge in [0.2, 0.25) is 0 Å². The van der Waals surface area contributed by atoms with Crippen LogP contribution in [0.25, 0.3) is 0 Å². The first-order valence-corrected chi connectivity index (χ1v) is 6.69. The molecular formula is C13H26N2O. The van der Waals surface area contributed by atoms with E-state index in [1.54, 1.807) is 0 Å². The van der Waals surface area contributed by atoms with Gasteiger partial charge in [0, 0.05) is 18.5 Å². The van der Waals surface area contributed by atoms with Crippen LogP contribution in [0.5, 0.6) is 0 Å². The van der Waals surface area contributed by atoms with Crippen LogP contribution in [0, 0.1) is 11.3 Å². The van der Waals surface area contributed by atoms with E-state index in [4.69, 9.17) is 10.5 Å².